The molecule has 0 bridgehead atoms. The highest BCUT2D eigenvalue weighted by atomic mass is 19.4. The van der Waals surface area contributed by atoms with Crippen molar-refractivity contribution in [2.24, 2.45) is 0 Å². The molecule has 0 fully saturated rings. The lowest BCUT2D eigenvalue weighted by atomic mass is 9.87. The lowest BCUT2D eigenvalue weighted by Gasteiger charge is -2.36. The van der Waals surface area contributed by atoms with Gasteiger partial charge in [-0.05, 0) is 27.2 Å². The van der Waals surface area contributed by atoms with Crippen molar-refractivity contribution in [3.05, 3.63) is 12.2 Å². The van der Waals surface area contributed by atoms with Gasteiger partial charge < -0.3 is 9.84 Å². The number of carbonyl (C=O) groups is 1. The summed E-state index contributed by atoms with van der Waals surface area (Å²) in [6, 6.07) is 0. The molecule has 0 saturated heterocycles. The Morgan fingerprint density at radius 2 is 1.78 bits per heavy atom. The number of hydrogen-bond acceptors (Lipinski definition) is 3. The quantitative estimate of drug-likeness (QED) is 0.616. The first-order valence-corrected chi connectivity index (χ1v) is 5.52. The van der Waals surface area contributed by atoms with Gasteiger partial charge in [0.05, 0.1) is 0 Å². The molecule has 0 aromatic rings. The van der Waals surface area contributed by atoms with Crippen molar-refractivity contribution in [2.75, 3.05) is 0 Å². The van der Waals surface area contributed by atoms with Crippen molar-refractivity contribution < 1.29 is 27.8 Å². The van der Waals surface area contributed by atoms with Crippen LogP contribution in [0.2, 0.25) is 0 Å². The largest absolute Gasteiger partial charge is 0.456 e. The summed E-state index contributed by atoms with van der Waals surface area (Å²) in [5.41, 5.74) is -4.20. The number of carbonyl (C=O) groups excluding carboxylic acids is 1. The minimum Gasteiger partial charge on any atom is -0.456 e. The molecule has 18 heavy (non-hydrogen) atoms. The fraction of sp³-hybridized carbons (Fsp3) is 0.750. The van der Waals surface area contributed by atoms with Gasteiger partial charge in [0.25, 0.3) is 0 Å². The Kier molecular flexibility index (Phi) is 4.99. The smallest absolute Gasteiger partial charge is 0.417 e. The number of esters is 1. The summed E-state index contributed by atoms with van der Waals surface area (Å²) in [6.45, 7) is 8.36. The fourth-order valence-corrected chi connectivity index (χ4v) is 1.37. The van der Waals surface area contributed by atoms with E-state index in [1.54, 1.807) is 6.92 Å². The van der Waals surface area contributed by atoms with E-state index in [0.717, 1.165) is 0 Å². The van der Waals surface area contributed by atoms with Gasteiger partial charge in [0, 0.05) is 12.0 Å². The van der Waals surface area contributed by atoms with Crippen LogP contribution in [0.4, 0.5) is 13.2 Å². The third-order valence-corrected chi connectivity index (χ3v) is 2.76. The summed E-state index contributed by atoms with van der Waals surface area (Å²) in [5.74, 6) is -0.766. The van der Waals surface area contributed by atoms with Crippen LogP contribution in [0.3, 0.4) is 0 Å². The summed E-state index contributed by atoms with van der Waals surface area (Å²) in [6.07, 6.45) is -5.35. The molecule has 0 radical (unpaired) electrons. The van der Waals surface area contributed by atoms with E-state index in [1.807, 2.05) is 0 Å². The van der Waals surface area contributed by atoms with Crippen molar-refractivity contribution in [1.82, 2.24) is 0 Å². The molecular formula is C12H19F3O3. The molecule has 0 saturated carbocycles. The second-order valence-corrected chi connectivity index (χ2v) is 4.92. The lowest BCUT2D eigenvalue weighted by molar-refractivity contribution is -0.268. The van der Waals surface area contributed by atoms with Crippen LogP contribution in [-0.2, 0) is 9.53 Å². The van der Waals surface area contributed by atoms with Gasteiger partial charge in [0.2, 0.25) is 0 Å². The van der Waals surface area contributed by atoms with Gasteiger partial charge in [-0.15, -0.1) is 0 Å². The Bertz CT molecular complexity index is 334. The molecule has 2 atom stereocenters. The molecule has 0 spiro atoms. The first-order valence-electron chi connectivity index (χ1n) is 5.52. The van der Waals surface area contributed by atoms with E-state index in [-0.39, 0.29) is 12.0 Å². The van der Waals surface area contributed by atoms with Gasteiger partial charge in [-0.25, -0.2) is 4.79 Å². The van der Waals surface area contributed by atoms with Gasteiger partial charge in [-0.3, -0.25) is 0 Å². The van der Waals surface area contributed by atoms with Crippen LogP contribution in [0.15, 0.2) is 12.2 Å². The molecular weight excluding hydrogens is 249 g/mol. The van der Waals surface area contributed by atoms with E-state index < -0.39 is 29.8 Å². The van der Waals surface area contributed by atoms with Crippen molar-refractivity contribution in [3.8, 4) is 0 Å². The van der Waals surface area contributed by atoms with E-state index in [0.29, 0.717) is 6.92 Å². The summed E-state index contributed by atoms with van der Waals surface area (Å²) >= 11 is 0. The van der Waals surface area contributed by atoms with Crippen molar-refractivity contribution >= 4 is 5.97 Å². The van der Waals surface area contributed by atoms with E-state index in [1.165, 1.54) is 13.8 Å². The summed E-state index contributed by atoms with van der Waals surface area (Å²) in [5, 5.41) is 9.43. The number of alkyl halides is 3. The first-order chi connectivity index (χ1) is 7.84. The number of rotatable bonds is 5. The van der Waals surface area contributed by atoms with Crippen LogP contribution in [-0.4, -0.2) is 28.5 Å². The van der Waals surface area contributed by atoms with Gasteiger partial charge in [-0.1, -0.05) is 13.5 Å². The maximum atomic E-state index is 12.6. The highest BCUT2D eigenvalue weighted by Gasteiger charge is 2.53. The van der Waals surface area contributed by atoms with E-state index >= 15 is 0 Å². The predicted molar refractivity (Wildman–Crippen MR) is 60.9 cm³/mol. The zero-order valence-corrected chi connectivity index (χ0v) is 11.0. The standard InChI is InChI=1S/C12H19F3O3/c1-6-10(4,18-9(16)8(2)3)7-11(5,17)12(13,14)15/h17H,2,6-7H2,1,3-5H3. The molecule has 106 valence electrons. The van der Waals surface area contributed by atoms with Gasteiger partial charge >= 0.3 is 12.1 Å². The fourth-order valence-electron chi connectivity index (χ4n) is 1.37. The Hall–Kier alpha value is -1.04. The maximum absolute atomic E-state index is 12.6. The highest BCUT2D eigenvalue weighted by Crippen LogP contribution is 2.38. The van der Waals surface area contributed by atoms with Gasteiger partial charge in [0.15, 0.2) is 5.60 Å². The predicted octanol–water partition coefficient (Wildman–Crippen LogP) is 2.98. The molecule has 0 aromatic heterocycles. The van der Waals surface area contributed by atoms with Crippen molar-refractivity contribution in [1.29, 1.82) is 0 Å². The van der Waals surface area contributed by atoms with Crippen LogP contribution in [0.1, 0.15) is 40.5 Å². The second kappa shape index (κ2) is 5.30. The van der Waals surface area contributed by atoms with E-state index in [9.17, 15) is 23.1 Å². The molecule has 0 rings (SSSR count). The first kappa shape index (κ1) is 17.0. The molecule has 0 aliphatic carbocycles. The molecule has 0 aromatic carbocycles. The van der Waals surface area contributed by atoms with Gasteiger partial charge in [0.1, 0.15) is 5.60 Å². The SMILES string of the molecule is C=C(C)C(=O)OC(C)(CC)CC(C)(O)C(F)(F)F. The van der Waals surface area contributed by atoms with Crippen LogP contribution in [0.25, 0.3) is 0 Å². The van der Waals surface area contributed by atoms with Crippen molar-refractivity contribution in [2.45, 2.75) is 57.9 Å². The zero-order chi connectivity index (χ0) is 14.8. The number of aliphatic hydroxyl groups is 1. The topological polar surface area (TPSA) is 46.5 Å². The average molecular weight is 268 g/mol. The molecule has 3 nitrogen and oxygen atoms in total. The molecule has 0 aliphatic heterocycles. The summed E-state index contributed by atoms with van der Waals surface area (Å²) in [4.78, 5) is 11.4. The Balaban J connectivity index is 4.99. The molecule has 0 heterocycles. The van der Waals surface area contributed by atoms with Crippen LogP contribution >= 0.6 is 0 Å². The monoisotopic (exact) mass is 268 g/mol. The molecule has 2 unspecified atom stereocenters. The summed E-state index contributed by atoms with van der Waals surface area (Å²) < 4.78 is 42.7. The number of hydrogen-bond donors (Lipinski definition) is 1. The Labute approximate surface area is 105 Å². The molecule has 1 N–H and O–H groups in total. The molecule has 0 aliphatic rings. The average Bonchev–Trinajstić information content (AvgIpc) is 2.14. The molecule has 0 amide bonds. The third kappa shape index (κ3) is 4.33. The zero-order valence-electron chi connectivity index (χ0n) is 11.0. The lowest BCUT2D eigenvalue weighted by Crippen LogP contribution is -2.49. The van der Waals surface area contributed by atoms with Crippen LogP contribution in [0, 0.1) is 0 Å². The van der Waals surface area contributed by atoms with E-state index in [4.69, 9.17) is 4.74 Å². The summed E-state index contributed by atoms with van der Waals surface area (Å²) in [7, 11) is 0. The van der Waals surface area contributed by atoms with Crippen molar-refractivity contribution in [3.63, 3.8) is 0 Å². The highest BCUT2D eigenvalue weighted by molar-refractivity contribution is 5.87. The minimum absolute atomic E-state index is 0.0985. The van der Waals surface area contributed by atoms with Crippen LogP contribution < -0.4 is 0 Å². The Morgan fingerprint density at radius 3 is 2.06 bits per heavy atom. The Morgan fingerprint density at radius 1 is 1.33 bits per heavy atom. The van der Waals surface area contributed by atoms with Crippen LogP contribution in [0.5, 0.6) is 0 Å². The maximum Gasteiger partial charge on any atom is 0.417 e. The van der Waals surface area contributed by atoms with Gasteiger partial charge in [-0.2, -0.15) is 13.2 Å². The van der Waals surface area contributed by atoms with E-state index in [2.05, 4.69) is 6.58 Å². The third-order valence-electron chi connectivity index (χ3n) is 2.76. The minimum atomic E-state index is -4.78. The number of ether oxygens (including phenoxy) is 1. The number of halogens is 3. The molecule has 6 heteroatoms. The normalized spacial score (nSPS) is 18.7. The second-order valence-electron chi connectivity index (χ2n) is 4.92.